The highest BCUT2D eigenvalue weighted by Gasteiger charge is 2.32. The molecule has 1 aromatic carbocycles. The summed E-state index contributed by atoms with van der Waals surface area (Å²) in [5.41, 5.74) is 0. The largest absolute Gasteiger partial charge is 0.300 e. The second kappa shape index (κ2) is 6.64. The summed E-state index contributed by atoms with van der Waals surface area (Å²) in [5.74, 6) is -0.510. The molecule has 0 atom stereocenters. The fraction of sp³-hybridized carbons (Fsp3) is 0.625. The molecule has 0 unspecified atom stereocenters. The summed E-state index contributed by atoms with van der Waals surface area (Å²) in [6.45, 7) is 3.34. The van der Waals surface area contributed by atoms with Gasteiger partial charge in [0.1, 0.15) is 5.82 Å². The van der Waals surface area contributed by atoms with Gasteiger partial charge in [-0.1, -0.05) is 12.5 Å². The molecular formula is C16H23FN2O2S. The van der Waals surface area contributed by atoms with Crippen LogP contribution in [-0.2, 0) is 10.0 Å². The number of nitrogens with zero attached hydrogens (tertiary/aromatic N) is 2. The average molecular weight is 326 g/mol. The number of piperidine rings is 2. The lowest BCUT2D eigenvalue weighted by molar-refractivity contribution is 0.118. The molecule has 0 spiro atoms. The van der Waals surface area contributed by atoms with Crippen molar-refractivity contribution < 1.29 is 12.8 Å². The minimum Gasteiger partial charge on any atom is -0.300 e. The van der Waals surface area contributed by atoms with Crippen molar-refractivity contribution >= 4 is 10.0 Å². The van der Waals surface area contributed by atoms with Gasteiger partial charge in [0.25, 0.3) is 0 Å². The van der Waals surface area contributed by atoms with Crippen LogP contribution in [-0.4, -0.2) is 49.8 Å². The van der Waals surface area contributed by atoms with Crippen LogP contribution in [0.1, 0.15) is 32.1 Å². The number of sulfonamides is 1. The molecule has 2 saturated heterocycles. The Hall–Kier alpha value is -0.980. The molecule has 122 valence electrons. The van der Waals surface area contributed by atoms with E-state index in [1.807, 2.05) is 0 Å². The maximum Gasteiger partial charge on any atom is 0.243 e. The molecule has 1 aromatic rings. The van der Waals surface area contributed by atoms with Crippen molar-refractivity contribution in [1.29, 1.82) is 0 Å². The Morgan fingerprint density at radius 2 is 1.68 bits per heavy atom. The van der Waals surface area contributed by atoms with Gasteiger partial charge in [-0.05, 0) is 57.0 Å². The minimum atomic E-state index is -3.56. The zero-order valence-electron chi connectivity index (χ0n) is 12.7. The van der Waals surface area contributed by atoms with E-state index < -0.39 is 15.8 Å². The molecule has 0 aromatic heterocycles. The van der Waals surface area contributed by atoms with Crippen molar-refractivity contribution in [2.24, 2.45) is 0 Å². The molecule has 0 saturated carbocycles. The van der Waals surface area contributed by atoms with Crippen LogP contribution in [0.3, 0.4) is 0 Å². The van der Waals surface area contributed by atoms with E-state index in [0.29, 0.717) is 19.1 Å². The summed E-state index contributed by atoms with van der Waals surface area (Å²) < 4.78 is 39.9. The first-order valence-corrected chi connectivity index (χ1v) is 9.51. The maximum atomic E-state index is 13.3. The molecule has 0 aliphatic carbocycles. The van der Waals surface area contributed by atoms with Crippen molar-refractivity contribution in [3.63, 3.8) is 0 Å². The van der Waals surface area contributed by atoms with E-state index in [9.17, 15) is 12.8 Å². The predicted molar refractivity (Wildman–Crippen MR) is 83.6 cm³/mol. The number of rotatable bonds is 3. The van der Waals surface area contributed by atoms with Crippen molar-refractivity contribution in [3.8, 4) is 0 Å². The van der Waals surface area contributed by atoms with Gasteiger partial charge in [0.05, 0.1) is 4.90 Å². The Kier molecular flexibility index (Phi) is 4.80. The van der Waals surface area contributed by atoms with E-state index >= 15 is 0 Å². The summed E-state index contributed by atoms with van der Waals surface area (Å²) >= 11 is 0. The zero-order valence-corrected chi connectivity index (χ0v) is 13.6. The first-order valence-electron chi connectivity index (χ1n) is 8.07. The quantitative estimate of drug-likeness (QED) is 0.857. The molecule has 3 rings (SSSR count). The third-order valence-electron chi connectivity index (χ3n) is 4.76. The van der Waals surface area contributed by atoms with Gasteiger partial charge in [0, 0.05) is 19.1 Å². The predicted octanol–water partition coefficient (Wildman–Crippen LogP) is 2.46. The van der Waals surface area contributed by atoms with E-state index in [0.717, 1.165) is 32.0 Å². The first-order chi connectivity index (χ1) is 10.6. The fourth-order valence-corrected chi connectivity index (χ4v) is 5.01. The minimum absolute atomic E-state index is 0.0592. The highest BCUT2D eigenvalue weighted by atomic mass is 32.2. The summed E-state index contributed by atoms with van der Waals surface area (Å²) in [7, 11) is -3.56. The molecule has 6 heteroatoms. The molecule has 2 aliphatic rings. The summed E-state index contributed by atoms with van der Waals surface area (Å²) in [5, 5.41) is 0. The summed E-state index contributed by atoms with van der Waals surface area (Å²) in [6, 6.07) is 5.78. The van der Waals surface area contributed by atoms with E-state index in [1.165, 1.54) is 41.8 Å². The van der Waals surface area contributed by atoms with Gasteiger partial charge in [0.15, 0.2) is 0 Å². The third-order valence-corrected chi connectivity index (χ3v) is 6.66. The van der Waals surface area contributed by atoms with E-state index in [4.69, 9.17) is 0 Å². The standard InChI is InChI=1S/C16H23FN2O2S/c17-14-5-4-6-16(13-14)22(20,21)19-11-7-15(8-12-19)18-9-2-1-3-10-18/h4-6,13,15H,1-3,7-12H2. The Balaban J connectivity index is 1.65. The van der Waals surface area contributed by atoms with Crippen LogP contribution in [0.25, 0.3) is 0 Å². The Bertz CT molecular complexity index is 606. The van der Waals surface area contributed by atoms with Crippen LogP contribution in [0, 0.1) is 5.82 Å². The monoisotopic (exact) mass is 326 g/mol. The summed E-state index contributed by atoms with van der Waals surface area (Å²) in [4.78, 5) is 2.57. The second-order valence-corrected chi connectivity index (χ2v) is 8.13. The fourth-order valence-electron chi connectivity index (χ4n) is 3.51. The van der Waals surface area contributed by atoms with Gasteiger partial charge >= 0.3 is 0 Å². The van der Waals surface area contributed by atoms with Gasteiger partial charge in [-0.2, -0.15) is 4.31 Å². The third kappa shape index (κ3) is 3.34. The van der Waals surface area contributed by atoms with Crippen LogP contribution in [0.2, 0.25) is 0 Å². The van der Waals surface area contributed by atoms with Crippen LogP contribution in [0.15, 0.2) is 29.2 Å². The topological polar surface area (TPSA) is 40.6 Å². The van der Waals surface area contributed by atoms with Crippen LogP contribution >= 0.6 is 0 Å². The molecule has 22 heavy (non-hydrogen) atoms. The highest BCUT2D eigenvalue weighted by Crippen LogP contribution is 2.25. The van der Waals surface area contributed by atoms with Gasteiger partial charge in [-0.25, -0.2) is 12.8 Å². The molecule has 2 aliphatic heterocycles. The lowest BCUT2D eigenvalue weighted by atomic mass is 10.0. The maximum absolute atomic E-state index is 13.3. The number of hydrogen-bond acceptors (Lipinski definition) is 3. The molecule has 0 N–H and O–H groups in total. The number of hydrogen-bond donors (Lipinski definition) is 0. The zero-order chi connectivity index (χ0) is 15.6. The Labute approximate surface area is 132 Å². The van der Waals surface area contributed by atoms with E-state index in [2.05, 4.69) is 4.90 Å². The van der Waals surface area contributed by atoms with Crippen molar-refractivity contribution in [2.45, 2.75) is 43.0 Å². The Morgan fingerprint density at radius 1 is 1.00 bits per heavy atom. The second-order valence-electron chi connectivity index (χ2n) is 6.19. The number of benzene rings is 1. The normalized spacial score (nSPS) is 22.8. The van der Waals surface area contributed by atoms with E-state index in [1.54, 1.807) is 0 Å². The molecule has 0 amide bonds. The van der Waals surface area contributed by atoms with Crippen LogP contribution in [0.5, 0.6) is 0 Å². The van der Waals surface area contributed by atoms with Crippen molar-refractivity contribution in [3.05, 3.63) is 30.1 Å². The van der Waals surface area contributed by atoms with Crippen molar-refractivity contribution in [1.82, 2.24) is 9.21 Å². The van der Waals surface area contributed by atoms with Gasteiger partial charge in [-0.3, -0.25) is 0 Å². The molecule has 2 fully saturated rings. The first kappa shape index (κ1) is 15.9. The van der Waals surface area contributed by atoms with Gasteiger partial charge in [-0.15, -0.1) is 0 Å². The number of halogens is 1. The molecule has 2 heterocycles. The molecule has 4 nitrogen and oxygen atoms in total. The molecular weight excluding hydrogens is 303 g/mol. The smallest absolute Gasteiger partial charge is 0.243 e. The lowest BCUT2D eigenvalue weighted by Crippen LogP contribution is -2.48. The molecule has 0 radical (unpaired) electrons. The molecule has 0 bridgehead atoms. The van der Waals surface area contributed by atoms with Crippen molar-refractivity contribution in [2.75, 3.05) is 26.2 Å². The highest BCUT2D eigenvalue weighted by molar-refractivity contribution is 7.89. The Morgan fingerprint density at radius 3 is 2.32 bits per heavy atom. The lowest BCUT2D eigenvalue weighted by Gasteiger charge is -2.39. The average Bonchev–Trinajstić information content (AvgIpc) is 2.56. The number of likely N-dealkylation sites (tertiary alicyclic amines) is 1. The van der Waals surface area contributed by atoms with Gasteiger partial charge < -0.3 is 4.90 Å². The van der Waals surface area contributed by atoms with Crippen LogP contribution < -0.4 is 0 Å². The SMILES string of the molecule is O=S(=O)(c1cccc(F)c1)N1CCC(N2CCCCC2)CC1. The van der Waals surface area contributed by atoms with Crippen LogP contribution in [0.4, 0.5) is 4.39 Å². The van der Waals surface area contributed by atoms with E-state index in [-0.39, 0.29) is 4.90 Å². The van der Waals surface area contributed by atoms with Gasteiger partial charge in [0.2, 0.25) is 10.0 Å². The summed E-state index contributed by atoms with van der Waals surface area (Å²) in [6.07, 6.45) is 5.55.